The zero-order chi connectivity index (χ0) is 14.2. The SMILES string of the molecule is COc1cccc2[nH]cc(-c3cccc4ccccc34)c12. The van der Waals surface area contributed by atoms with E-state index < -0.39 is 0 Å². The predicted molar refractivity (Wildman–Crippen MR) is 87.8 cm³/mol. The Kier molecular flexibility index (Phi) is 2.68. The molecule has 0 saturated heterocycles. The fourth-order valence-corrected chi connectivity index (χ4v) is 2.99. The molecule has 2 heteroatoms. The number of aromatic amines is 1. The molecular formula is C19H15NO. The molecule has 0 atom stereocenters. The average Bonchev–Trinajstić information content (AvgIpc) is 2.98. The number of hydrogen-bond acceptors (Lipinski definition) is 1. The summed E-state index contributed by atoms with van der Waals surface area (Å²) >= 11 is 0. The Labute approximate surface area is 123 Å². The lowest BCUT2D eigenvalue weighted by Crippen LogP contribution is -1.85. The molecule has 0 amide bonds. The van der Waals surface area contributed by atoms with Crippen LogP contribution < -0.4 is 4.74 Å². The van der Waals surface area contributed by atoms with Crippen LogP contribution in [-0.4, -0.2) is 12.1 Å². The smallest absolute Gasteiger partial charge is 0.128 e. The zero-order valence-corrected chi connectivity index (χ0v) is 11.8. The molecule has 0 bridgehead atoms. The third-order valence-corrected chi connectivity index (χ3v) is 3.97. The summed E-state index contributed by atoms with van der Waals surface area (Å²) in [6, 6.07) is 21.0. The summed E-state index contributed by atoms with van der Waals surface area (Å²) < 4.78 is 5.54. The molecule has 0 aliphatic rings. The van der Waals surface area contributed by atoms with Gasteiger partial charge in [0.1, 0.15) is 5.75 Å². The van der Waals surface area contributed by atoms with Crippen LogP contribution in [0, 0.1) is 0 Å². The minimum atomic E-state index is 0.900. The van der Waals surface area contributed by atoms with Gasteiger partial charge in [-0.1, -0.05) is 48.5 Å². The minimum Gasteiger partial charge on any atom is -0.496 e. The predicted octanol–water partition coefficient (Wildman–Crippen LogP) is 5.00. The van der Waals surface area contributed by atoms with Crippen molar-refractivity contribution in [1.82, 2.24) is 4.98 Å². The first-order valence-corrected chi connectivity index (χ1v) is 7.01. The first-order valence-electron chi connectivity index (χ1n) is 7.01. The molecule has 21 heavy (non-hydrogen) atoms. The molecule has 1 heterocycles. The highest BCUT2D eigenvalue weighted by atomic mass is 16.5. The Balaban J connectivity index is 2.10. The Morgan fingerprint density at radius 2 is 1.62 bits per heavy atom. The monoisotopic (exact) mass is 273 g/mol. The summed E-state index contributed by atoms with van der Waals surface area (Å²) in [6.45, 7) is 0. The van der Waals surface area contributed by atoms with Crippen molar-refractivity contribution in [2.75, 3.05) is 7.11 Å². The third-order valence-electron chi connectivity index (χ3n) is 3.97. The van der Waals surface area contributed by atoms with Crippen LogP contribution in [0.5, 0.6) is 5.75 Å². The van der Waals surface area contributed by atoms with E-state index in [0.29, 0.717) is 0 Å². The van der Waals surface area contributed by atoms with Gasteiger partial charge in [0.2, 0.25) is 0 Å². The molecule has 3 aromatic carbocycles. The van der Waals surface area contributed by atoms with Gasteiger partial charge in [0.05, 0.1) is 7.11 Å². The van der Waals surface area contributed by atoms with Crippen LogP contribution in [0.3, 0.4) is 0 Å². The quantitative estimate of drug-likeness (QED) is 0.546. The number of ether oxygens (including phenoxy) is 1. The Morgan fingerprint density at radius 3 is 2.52 bits per heavy atom. The first kappa shape index (κ1) is 12.0. The summed E-state index contributed by atoms with van der Waals surface area (Å²) in [5, 5.41) is 3.64. The molecule has 102 valence electrons. The van der Waals surface area contributed by atoms with Gasteiger partial charge in [0, 0.05) is 22.7 Å². The second-order valence-electron chi connectivity index (χ2n) is 5.11. The van der Waals surface area contributed by atoms with Crippen LogP contribution in [0.2, 0.25) is 0 Å². The van der Waals surface area contributed by atoms with Crippen molar-refractivity contribution in [1.29, 1.82) is 0 Å². The second kappa shape index (κ2) is 4.67. The molecule has 0 unspecified atom stereocenters. The van der Waals surface area contributed by atoms with E-state index in [4.69, 9.17) is 4.74 Å². The first-order chi connectivity index (χ1) is 10.4. The van der Waals surface area contributed by atoms with E-state index in [9.17, 15) is 0 Å². The minimum absolute atomic E-state index is 0.900. The van der Waals surface area contributed by atoms with Gasteiger partial charge in [0.25, 0.3) is 0 Å². The molecule has 0 fully saturated rings. The van der Waals surface area contributed by atoms with Gasteiger partial charge in [-0.25, -0.2) is 0 Å². The molecule has 0 spiro atoms. The number of nitrogens with one attached hydrogen (secondary N) is 1. The largest absolute Gasteiger partial charge is 0.496 e. The molecule has 1 aromatic heterocycles. The Morgan fingerprint density at radius 1 is 0.810 bits per heavy atom. The molecule has 0 saturated carbocycles. The summed E-state index contributed by atoms with van der Waals surface area (Å²) in [5.74, 6) is 0.900. The topological polar surface area (TPSA) is 25.0 Å². The highest BCUT2D eigenvalue weighted by Crippen LogP contribution is 2.38. The number of aromatic nitrogens is 1. The van der Waals surface area contributed by atoms with E-state index in [1.165, 1.54) is 21.9 Å². The summed E-state index contributed by atoms with van der Waals surface area (Å²) in [6.07, 6.45) is 2.06. The van der Waals surface area contributed by atoms with Crippen molar-refractivity contribution in [3.8, 4) is 16.9 Å². The molecule has 2 nitrogen and oxygen atoms in total. The number of hydrogen-bond donors (Lipinski definition) is 1. The summed E-state index contributed by atoms with van der Waals surface area (Å²) in [5.41, 5.74) is 3.50. The van der Waals surface area contributed by atoms with Crippen molar-refractivity contribution >= 4 is 21.7 Å². The van der Waals surface area contributed by atoms with Crippen LogP contribution in [0.1, 0.15) is 0 Å². The lowest BCUT2D eigenvalue weighted by molar-refractivity contribution is 0.420. The van der Waals surface area contributed by atoms with E-state index in [1.54, 1.807) is 7.11 Å². The van der Waals surface area contributed by atoms with Crippen LogP contribution in [-0.2, 0) is 0 Å². The highest BCUT2D eigenvalue weighted by molar-refractivity contribution is 6.07. The standard InChI is InChI=1S/C19H15NO/c1-21-18-11-5-10-17-19(18)16(12-20-17)15-9-4-7-13-6-2-3-8-14(13)15/h2-12,20H,1H3. The van der Waals surface area contributed by atoms with Crippen LogP contribution in [0.15, 0.2) is 66.9 Å². The number of H-pyrrole nitrogens is 1. The van der Waals surface area contributed by atoms with Crippen molar-refractivity contribution in [2.45, 2.75) is 0 Å². The summed E-state index contributed by atoms with van der Waals surface area (Å²) in [7, 11) is 1.72. The van der Waals surface area contributed by atoms with Crippen molar-refractivity contribution < 1.29 is 4.74 Å². The number of rotatable bonds is 2. The van der Waals surface area contributed by atoms with Gasteiger partial charge in [-0.05, 0) is 28.5 Å². The number of methoxy groups -OCH3 is 1. The molecule has 0 radical (unpaired) electrons. The molecule has 4 aromatic rings. The third kappa shape index (κ3) is 1.80. The van der Waals surface area contributed by atoms with Gasteiger partial charge in [-0.3, -0.25) is 0 Å². The van der Waals surface area contributed by atoms with E-state index >= 15 is 0 Å². The van der Waals surface area contributed by atoms with Crippen molar-refractivity contribution in [3.05, 3.63) is 66.9 Å². The van der Waals surface area contributed by atoms with Gasteiger partial charge in [-0.15, -0.1) is 0 Å². The van der Waals surface area contributed by atoms with Gasteiger partial charge >= 0.3 is 0 Å². The highest BCUT2D eigenvalue weighted by Gasteiger charge is 2.12. The molecule has 0 aliphatic heterocycles. The zero-order valence-electron chi connectivity index (χ0n) is 11.8. The van der Waals surface area contributed by atoms with E-state index in [0.717, 1.165) is 16.7 Å². The average molecular weight is 273 g/mol. The summed E-state index contributed by atoms with van der Waals surface area (Å²) in [4.78, 5) is 3.35. The lowest BCUT2D eigenvalue weighted by atomic mass is 9.97. The lowest BCUT2D eigenvalue weighted by Gasteiger charge is -2.08. The second-order valence-corrected chi connectivity index (χ2v) is 5.11. The normalized spacial score (nSPS) is 11.1. The molecular weight excluding hydrogens is 258 g/mol. The van der Waals surface area contributed by atoms with Crippen molar-refractivity contribution in [2.24, 2.45) is 0 Å². The van der Waals surface area contributed by atoms with Crippen molar-refractivity contribution in [3.63, 3.8) is 0 Å². The molecule has 1 N–H and O–H groups in total. The fourth-order valence-electron chi connectivity index (χ4n) is 2.99. The fraction of sp³-hybridized carbons (Fsp3) is 0.0526. The van der Waals surface area contributed by atoms with Crippen LogP contribution in [0.25, 0.3) is 32.8 Å². The van der Waals surface area contributed by atoms with Gasteiger partial charge in [0.15, 0.2) is 0 Å². The van der Waals surface area contributed by atoms with Crippen LogP contribution in [0.4, 0.5) is 0 Å². The molecule has 4 rings (SSSR count). The van der Waals surface area contributed by atoms with Crippen LogP contribution >= 0.6 is 0 Å². The Hall–Kier alpha value is -2.74. The Bertz CT molecular complexity index is 931. The van der Waals surface area contributed by atoms with E-state index in [2.05, 4.69) is 59.7 Å². The maximum atomic E-state index is 5.54. The number of fused-ring (bicyclic) bond motifs is 2. The van der Waals surface area contributed by atoms with Gasteiger partial charge < -0.3 is 9.72 Å². The van der Waals surface area contributed by atoms with Gasteiger partial charge in [-0.2, -0.15) is 0 Å². The maximum Gasteiger partial charge on any atom is 0.128 e. The number of benzene rings is 3. The molecule has 0 aliphatic carbocycles. The maximum absolute atomic E-state index is 5.54. The van der Waals surface area contributed by atoms with E-state index in [-0.39, 0.29) is 0 Å². The van der Waals surface area contributed by atoms with E-state index in [1.807, 2.05) is 12.1 Å².